The van der Waals surface area contributed by atoms with Crippen molar-refractivity contribution in [1.82, 2.24) is 15.1 Å². The Hall–Kier alpha value is -2.27. The van der Waals surface area contributed by atoms with Gasteiger partial charge in [-0.1, -0.05) is 18.2 Å². The molecular formula is C18H18ClN3O2. The van der Waals surface area contributed by atoms with Crippen molar-refractivity contribution in [3.8, 4) is 0 Å². The topological polar surface area (TPSA) is 60.1 Å². The highest BCUT2D eigenvalue weighted by molar-refractivity contribution is 6.30. The van der Waals surface area contributed by atoms with E-state index in [1.54, 1.807) is 0 Å². The predicted molar refractivity (Wildman–Crippen MR) is 92.1 cm³/mol. The zero-order chi connectivity index (χ0) is 16.8. The van der Waals surface area contributed by atoms with Crippen LogP contribution in [0.15, 0.2) is 28.7 Å². The molecule has 0 radical (unpaired) electrons. The normalized spacial score (nSPS) is 17.6. The third-order valence-corrected chi connectivity index (χ3v) is 5.04. The van der Waals surface area contributed by atoms with Gasteiger partial charge < -0.3 is 9.73 Å². The van der Waals surface area contributed by atoms with E-state index in [4.69, 9.17) is 16.0 Å². The average Bonchev–Trinajstić information content (AvgIpc) is 3.18. The Bertz CT molecular complexity index is 941. The number of furan rings is 1. The van der Waals surface area contributed by atoms with Gasteiger partial charge in [0.05, 0.1) is 18.3 Å². The minimum Gasteiger partial charge on any atom is -0.444 e. The number of hydrogen-bond acceptors (Lipinski definition) is 3. The van der Waals surface area contributed by atoms with E-state index in [9.17, 15) is 4.79 Å². The van der Waals surface area contributed by atoms with Crippen LogP contribution < -0.4 is 5.32 Å². The van der Waals surface area contributed by atoms with Crippen LogP contribution >= 0.6 is 11.6 Å². The van der Waals surface area contributed by atoms with Crippen LogP contribution in [0.4, 0.5) is 0 Å². The third kappa shape index (κ3) is 2.40. The highest BCUT2D eigenvalue weighted by atomic mass is 35.5. The van der Waals surface area contributed by atoms with E-state index in [-0.39, 0.29) is 11.9 Å². The molecule has 24 heavy (non-hydrogen) atoms. The van der Waals surface area contributed by atoms with Gasteiger partial charge in [0.1, 0.15) is 5.58 Å². The molecule has 5 nitrogen and oxygen atoms in total. The van der Waals surface area contributed by atoms with Crippen LogP contribution in [0.1, 0.15) is 41.4 Å². The second-order valence-corrected chi connectivity index (χ2v) is 6.59. The number of aryl methyl sites for hydroxylation is 1. The summed E-state index contributed by atoms with van der Waals surface area (Å²) < 4.78 is 7.57. The third-order valence-electron chi connectivity index (χ3n) is 4.74. The summed E-state index contributed by atoms with van der Waals surface area (Å²) in [6, 6.07) is 7.87. The number of carbonyl (C=O) groups is 1. The van der Waals surface area contributed by atoms with E-state index >= 15 is 0 Å². The number of rotatable bonds is 3. The molecule has 1 unspecified atom stereocenters. The number of nitrogens with one attached hydrogen (secondary N) is 1. The van der Waals surface area contributed by atoms with E-state index in [0.717, 1.165) is 39.9 Å². The molecule has 3 aromatic rings. The summed E-state index contributed by atoms with van der Waals surface area (Å²) >= 11 is 6.30. The fourth-order valence-electron chi connectivity index (χ4n) is 3.57. The van der Waals surface area contributed by atoms with Gasteiger partial charge in [0.15, 0.2) is 5.22 Å². The summed E-state index contributed by atoms with van der Waals surface area (Å²) in [6.07, 6.45) is 1.40. The Morgan fingerprint density at radius 2 is 2.17 bits per heavy atom. The Morgan fingerprint density at radius 3 is 2.92 bits per heavy atom. The largest absolute Gasteiger partial charge is 0.444 e. The first-order valence-electron chi connectivity index (χ1n) is 8.03. The molecular weight excluding hydrogens is 326 g/mol. The number of halogens is 1. The second kappa shape index (κ2) is 5.67. The van der Waals surface area contributed by atoms with Gasteiger partial charge in [0.25, 0.3) is 0 Å². The molecule has 4 rings (SSSR count). The van der Waals surface area contributed by atoms with Gasteiger partial charge in [0.2, 0.25) is 5.91 Å². The van der Waals surface area contributed by atoms with E-state index in [1.807, 2.05) is 42.8 Å². The summed E-state index contributed by atoms with van der Waals surface area (Å²) in [5.74, 6) is 0.107. The molecule has 1 amide bonds. The standard InChI is InChI=1S/C18H18ClN3O2/c1-10-17(14-7-8-16(23)20-14)11(2)22(21-10)9-13-12-5-3-4-6-15(12)24-18(13)19/h3-6,14H,7-9H2,1-2H3,(H,20,23). The predicted octanol–water partition coefficient (Wildman–Crippen LogP) is 3.90. The van der Waals surface area contributed by atoms with Crippen molar-refractivity contribution in [2.24, 2.45) is 0 Å². The van der Waals surface area contributed by atoms with Crippen molar-refractivity contribution >= 4 is 28.5 Å². The SMILES string of the molecule is Cc1nn(Cc2c(Cl)oc3ccccc23)c(C)c1C1CCC(=O)N1. The van der Waals surface area contributed by atoms with Crippen LogP contribution in [0.5, 0.6) is 0 Å². The fourth-order valence-corrected chi connectivity index (χ4v) is 3.81. The van der Waals surface area contributed by atoms with Gasteiger partial charge in [0, 0.05) is 28.6 Å². The first-order chi connectivity index (χ1) is 11.5. The molecule has 1 atom stereocenters. The maximum Gasteiger partial charge on any atom is 0.220 e. The summed E-state index contributed by atoms with van der Waals surface area (Å²) in [4.78, 5) is 11.5. The number of carbonyl (C=O) groups excluding carboxylic acids is 1. The molecule has 1 aromatic carbocycles. The molecule has 1 aliphatic rings. The molecule has 1 fully saturated rings. The molecule has 1 N–H and O–H groups in total. The Labute approximate surface area is 144 Å². The Balaban J connectivity index is 1.72. The maximum atomic E-state index is 11.5. The van der Waals surface area contributed by atoms with Crippen molar-refractivity contribution in [3.63, 3.8) is 0 Å². The lowest BCUT2D eigenvalue weighted by Crippen LogP contribution is -2.19. The van der Waals surface area contributed by atoms with Gasteiger partial charge in [-0.2, -0.15) is 5.10 Å². The smallest absolute Gasteiger partial charge is 0.220 e. The van der Waals surface area contributed by atoms with Crippen LogP contribution in [-0.4, -0.2) is 15.7 Å². The van der Waals surface area contributed by atoms with Crippen molar-refractivity contribution in [1.29, 1.82) is 0 Å². The van der Waals surface area contributed by atoms with E-state index in [1.165, 1.54) is 0 Å². The molecule has 3 heterocycles. The van der Waals surface area contributed by atoms with E-state index in [0.29, 0.717) is 18.2 Å². The lowest BCUT2D eigenvalue weighted by Gasteiger charge is -2.11. The molecule has 0 aliphatic carbocycles. The van der Waals surface area contributed by atoms with Gasteiger partial charge in [-0.05, 0) is 37.9 Å². The van der Waals surface area contributed by atoms with Gasteiger partial charge in [-0.3, -0.25) is 9.48 Å². The van der Waals surface area contributed by atoms with Crippen LogP contribution in [0.3, 0.4) is 0 Å². The highest BCUT2D eigenvalue weighted by Crippen LogP contribution is 2.33. The van der Waals surface area contributed by atoms with E-state index in [2.05, 4.69) is 10.4 Å². The number of benzene rings is 1. The Kier molecular flexibility index (Phi) is 3.61. The highest BCUT2D eigenvalue weighted by Gasteiger charge is 2.28. The van der Waals surface area contributed by atoms with Gasteiger partial charge in [-0.15, -0.1) is 0 Å². The van der Waals surface area contributed by atoms with Gasteiger partial charge >= 0.3 is 0 Å². The molecule has 0 saturated carbocycles. The summed E-state index contributed by atoms with van der Waals surface area (Å²) in [7, 11) is 0. The summed E-state index contributed by atoms with van der Waals surface area (Å²) in [6.45, 7) is 4.57. The average molecular weight is 344 g/mol. The summed E-state index contributed by atoms with van der Waals surface area (Å²) in [5.41, 5.74) is 4.83. The van der Waals surface area contributed by atoms with Crippen molar-refractivity contribution < 1.29 is 9.21 Å². The quantitative estimate of drug-likeness (QED) is 0.784. The van der Waals surface area contributed by atoms with Crippen LogP contribution in [0, 0.1) is 13.8 Å². The first-order valence-corrected chi connectivity index (χ1v) is 8.41. The van der Waals surface area contributed by atoms with Crippen molar-refractivity contribution in [2.75, 3.05) is 0 Å². The molecule has 0 bridgehead atoms. The number of fused-ring (bicyclic) bond motifs is 1. The number of para-hydroxylation sites is 1. The first kappa shape index (κ1) is 15.3. The lowest BCUT2D eigenvalue weighted by molar-refractivity contribution is -0.119. The summed E-state index contributed by atoms with van der Waals surface area (Å²) in [5, 5.41) is 9.10. The minimum absolute atomic E-state index is 0.0582. The second-order valence-electron chi connectivity index (χ2n) is 6.25. The molecule has 6 heteroatoms. The maximum absolute atomic E-state index is 11.5. The molecule has 0 spiro atoms. The lowest BCUT2D eigenvalue weighted by atomic mass is 10.0. The van der Waals surface area contributed by atoms with Crippen molar-refractivity contribution in [2.45, 2.75) is 39.3 Å². The van der Waals surface area contributed by atoms with Crippen LogP contribution in [0.2, 0.25) is 5.22 Å². The number of aromatic nitrogens is 2. The fraction of sp³-hybridized carbons (Fsp3) is 0.333. The Morgan fingerprint density at radius 1 is 1.38 bits per heavy atom. The number of nitrogens with zero attached hydrogens (tertiary/aromatic N) is 2. The molecule has 2 aromatic heterocycles. The molecule has 1 saturated heterocycles. The zero-order valence-corrected chi connectivity index (χ0v) is 14.4. The minimum atomic E-state index is 0.0582. The van der Waals surface area contributed by atoms with Crippen LogP contribution in [-0.2, 0) is 11.3 Å². The molecule has 1 aliphatic heterocycles. The number of amides is 1. The zero-order valence-electron chi connectivity index (χ0n) is 13.6. The van der Waals surface area contributed by atoms with Gasteiger partial charge in [-0.25, -0.2) is 0 Å². The molecule has 124 valence electrons. The van der Waals surface area contributed by atoms with E-state index < -0.39 is 0 Å². The monoisotopic (exact) mass is 343 g/mol. The van der Waals surface area contributed by atoms with Crippen molar-refractivity contribution in [3.05, 3.63) is 52.0 Å². The number of hydrogen-bond donors (Lipinski definition) is 1. The van der Waals surface area contributed by atoms with Crippen LogP contribution in [0.25, 0.3) is 11.0 Å².